The summed E-state index contributed by atoms with van der Waals surface area (Å²) in [6.07, 6.45) is 7.74. The van der Waals surface area contributed by atoms with Gasteiger partial charge in [-0.2, -0.15) is 0 Å². The lowest BCUT2D eigenvalue weighted by Crippen LogP contribution is -2.23. The zero-order chi connectivity index (χ0) is 19.9. The second kappa shape index (κ2) is 14.4. The number of hydrogen-bond acceptors (Lipinski definition) is 5. The Kier molecular flexibility index (Phi) is 14.5. The molecule has 0 fully saturated rings. The number of amides is 1. The molecule has 9 heteroatoms. The summed E-state index contributed by atoms with van der Waals surface area (Å²) >= 11 is 0. The Balaban J connectivity index is 0. The second-order valence-electron chi connectivity index (χ2n) is 4.44. The number of carbonyl (C=O) groups excluding carboxylic acids is 2. The van der Waals surface area contributed by atoms with Crippen molar-refractivity contribution in [1.29, 1.82) is 0 Å². The number of carbonyl (C=O) groups is 2. The van der Waals surface area contributed by atoms with E-state index in [2.05, 4.69) is 23.0 Å². The maximum absolute atomic E-state index is 10.8. The fourth-order valence-corrected chi connectivity index (χ4v) is 1.57. The Labute approximate surface area is 148 Å². The van der Waals surface area contributed by atoms with Gasteiger partial charge in [0.15, 0.2) is 0 Å². The lowest BCUT2D eigenvalue weighted by Gasteiger charge is -2.04. The Bertz CT molecular complexity index is 551. The average Bonchev–Trinajstić information content (AvgIpc) is 2.49. The topological polar surface area (TPSA) is 122 Å². The third kappa shape index (κ3) is 18.2. The lowest BCUT2D eigenvalue weighted by molar-refractivity contribution is -0.136. The second-order valence-corrected chi connectivity index (χ2v) is 5.68. The van der Waals surface area contributed by atoms with Gasteiger partial charge in [-0.25, -0.2) is 4.57 Å². The molecule has 25 heavy (non-hydrogen) atoms. The number of hydrogen-bond donors (Lipinski definition) is 3. The summed E-state index contributed by atoms with van der Waals surface area (Å²) in [6, 6.07) is 0. The molecular formula is C16H26NO7P. The average molecular weight is 375 g/mol. The van der Waals surface area contributed by atoms with Crippen LogP contribution >= 0.6 is 7.82 Å². The van der Waals surface area contributed by atoms with E-state index in [-0.39, 0.29) is 25.0 Å². The molecule has 0 saturated heterocycles. The highest BCUT2D eigenvalue weighted by molar-refractivity contribution is 7.46. The van der Waals surface area contributed by atoms with Gasteiger partial charge in [0.25, 0.3) is 0 Å². The van der Waals surface area contributed by atoms with E-state index in [1.807, 2.05) is 13.0 Å². The molecule has 0 aromatic carbocycles. The molecule has 0 unspecified atom stereocenters. The summed E-state index contributed by atoms with van der Waals surface area (Å²) in [5, 5.41) is 2.31. The van der Waals surface area contributed by atoms with Crippen LogP contribution in [-0.4, -0.2) is 34.8 Å². The maximum atomic E-state index is 10.8. The van der Waals surface area contributed by atoms with Crippen LogP contribution in [0.4, 0.5) is 0 Å². The third-order valence-corrected chi connectivity index (χ3v) is 2.74. The first kappa shape index (κ1) is 25.3. The number of allylic oxidation sites excluding steroid dienone is 5. The number of ether oxygens (including phenoxy) is 1. The summed E-state index contributed by atoms with van der Waals surface area (Å²) in [5.41, 5.74) is 0.713. The van der Waals surface area contributed by atoms with Gasteiger partial charge in [0.2, 0.25) is 5.91 Å². The molecule has 0 rings (SSSR count). The summed E-state index contributed by atoms with van der Waals surface area (Å²) in [5.74, 6) is -0.120. The quantitative estimate of drug-likeness (QED) is 0.186. The van der Waals surface area contributed by atoms with Crippen LogP contribution in [0.2, 0.25) is 0 Å². The van der Waals surface area contributed by atoms with Gasteiger partial charge in [-0.05, 0) is 12.5 Å². The van der Waals surface area contributed by atoms with Gasteiger partial charge in [-0.15, -0.1) is 0 Å². The van der Waals surface area contributed by atoms with Crippen LogP contribution in [0.5, 0.6) is 0 Å². The summed E-state index contributed by atoms with van der Waals surface area (Å²) in [4.78, 5) is 37.3. The predicted molar refractivity (Wildman–Crippen MR) is 95.3 cm³/mol. The van der Waals surface area contributed by atoms with Crippen molar-refractivity contribution in [3.63, 3.8) is 0 Å². The van der Waals surface area contributed by atoms with Crippen LogP contribution in [0, 0.1) is 0 Å². The van der Waals surface area contributed by atoms with E-state index in [1.165, 1.54) is 13.8 Å². The van der Waals surface area contributed by atoms with Crippen molar-refractivity contribution in [2.45, 2.75) is 27.2 Å². The highest BCUT2D eigenvalue weighted by Gasteiger charge is 2.12. The van der Waals surface area contributed by atoms with Crippen molar-refractivity contribution in [1.82, 2.24) is 5.32 Å². The van der Waals surface area contributed by atoms with Gasteiger partial charge in [0.05, 0.1) is 6.61 Å². The molecule has 0 aromatic heterocycles. The molecule has 8 nitrogen and oxygen atoms in total. The first-order valence-corrected chi connectivity index (χ1v) is 8.89. The Hall–Kier alpha value is -1.99. The maximum Gasteiger partial charge on any atom is 0.469 e. The van der Waals surface area contributed by atoms with E-state index < -0.39 is 7.82 Å². The van der Waals surface area contributed by atoms with E-state index in [9.17, 15) is 14.2 Å². The zero-order valence-electron chi connectivity index (χ0n) is 14.7. The van der Waals surface area contributed by atoms with E-state index in [0.29, 0.717) is 11.3 Å². The molecule has 1 amide bonds. The number of rotatable bonds is 9. The van der Waals surface area contributed by atoms with Crippen LogP contribution in [0.3, 0.4) is 0 Å². The van der Waals surface area contributed by atoms with Crippen molar-refractivity contribution in [2.24, 2.45) is 0 Å². The van der Waals surface area contributed by atoms with Gasteiger partial charge in [-0.1, -0.05) is 38.3 Å². The first-order valence-electron chi connectivity index (χ1n) is 7.36. The number of phosphoric acid groups is 1. The molecule has 0 radical (unpaired) electrons. The van der Waals surface area contributed by atoms with Crippen LogP contribution in [0.1, 0.15) is 27.2 Å². The Morgan fingerprint density at radius 3 is 2.12 bits per heavy atom. The highest BCUT2D eigenvalue weighted by Crippen LogP contribution is 2.34. The minimum absolute atomic E-state index is 0.0977. The fraction of sp³-hybridized carbons (Fsp3) is 0.375. The molecular weight excluding hydrogens is 349 g/mol. The number of phosphoric ester groups is 1. The zero-order valence-corrected chi connectivity index (χ0v) is 15.6. The van der Waals surface area contributed by atoms with Crippen LogP contribution < -0.4 is 5.32 Å². The standard InChI is InChI=1S/C12H16O2.C4H10NO5P/c1-5-8-9-12(14-10(4)13)11(6-2)7-3;1-4(6)5-2-3-10-11(7,8)9/h6-9H,2-3,5H2,1,4H3;2-3H2,1H3,(H,5,6)(H2,7,8,9)/b9-8-;. The smallest absolute Gasteiger partial charge is 0.426 e. The summed E-state index contributed by atoms with van der Waals surface area (Å²) in [7, 11) is -4.38. The lowest BCUT2D eigenvalue weighted by atomic mass is 10.2. The molecule has 0 aliphatic heterocycles. The van der Waals surface area contributed by atoms with Gasteiger partial charge < -0.3 is 19.8 Å². The molecule has 0 aromatic rings. The van der Waals surface area contributed by atoms with Crippen molar-refractivity contribution in [2.75, 3.05) is 13.2 Å². The minimum atomic E-state index is -4.38. The minimum Gasteiger partial charge on any atom is -0.426 e. The fourth-order valence-electron chi connectivity index (χ4n) is 1.25. The monoisotopic (exact) mass is 375 g/mol. The number of nitrogens with one attached hydrogen (secondary N) is 1. The van der Waals surface area contributed by atoms with Gasteiger partial charge in [0, 0.05) is 26.0 Å². The molecule has 0 bridgehead atoms. The Morgan fingerprint density at radius 1 is 1.20 bits per heavy atom. The SMILES string of the molecule is C=CC(C=C)=C(/C=C\CC)OC(C)=O.CC(=O)NCCOP(=O)(O)O. The molecule has 0 aliphatic carbocycles. The van der Waals surface area contributed by atoms with Crippen molar-refractivity contribution in [3.05, 3.63) is 48.8 Å². The normalized spacial score (nSPS) is 10.3. The number of esters is 1. The van der Waals surface area contributed by atoms with Gasteiger partial charge >= 0.3 is 13.8 Å². The molecule has 0 heterocycles. The summed E-state index contributed by atoms with van der Waals surface area (Å²) in [6.45, 7) is 11.8. The van der Waals surface area contributed by atoms with E-state index in [4.69, 9.17) is 14.5 Å². The largest absolute Gasteiger partial charge is 0.469 e. The molecule has 142 valence electrons. The molecule has 3 N–H and O–H groups in total. The third-order valence-electron chi connectivity index (χ3n) is 2.22. The summed E-state index contributed by atoms with van der Waals surface area (Å²) < 4.78 is 19.1. The van der Waals surface area contributed by atoms with E-state index in [1.54, 1.807) is 18.2 Å². The first-order chi connectivity index (χ1) is 11.6. The van der Waals surface area contributed by atoms with E-state index >= 15 is 0 Å². The Morgan fingerprint density at radius 2 is 1.76 bits per heavy atom. The highest BCUT2D eigenvalue weighted by atomic mass is 31.2. The van der Waals surface area contributed by atoms with Crippen LogP contribution in [0.15, 0.2) is 48.8 Å². The van der Waals surface area contributed by atoms with Crippen LogP contribution in [-0.2, 0) is 23.4 Å². The van der Waals surface area contributed by atoms with Crippen molar-refractivity contribution >= 4 is 19.7 Å². The van der Waals surface area contributed by atoms with E-state index in [0.717, 1.165) is 6.42 Å². The van der Waals surface area contributed by atoms with Gasteiger partial charge in [-0.3, -0.25) is 14.1 Å². The molecule has 0 saturated carbocycles. The predicted octanol–water partition coefficient (Wildman–Crippen LogP) is 2.37. The van der Waals surface area contributed by atoms with Crippen molar-refractivity contribution < 1.29 is 33.2 Å². The van der Waals surface area contributed by atoms with Gasteiger partial charge in [0.1, 0.15) is 5.76 Å². The van der Waals surface area contributed by atoms with Crippen LogP contribution in [0.25, 0.3) is 0 Å². The molecule has 0 atom stereocenters. The van der Waals surface area contributed by atoms with Crippen molar-refractivity contribution in [3.8, 4) is 0 Å². The molecule has 0 aliphatic rings. The molecule has 0 spiro atoms.